The molecule has 0 aromatic heterocycles. The maximum atomic E-state index is 3.59. The first-order valence-electron chi connectivity index (χ1n) is 8.70. The van der Waals surface area contributed by atoms with Gasteiger partial charge >= 0.3 is 0 Å². The molecule has 3 atom stereocenters. The zero-order chi connectivity index (χ0) is 14.8. The SMILES string of the molecule is CC(C)Cc1ccc(C(C)N2CCCC3CNCC32)cc1. The number of benzene rings is 1. The molecule has 2 heteroatoms. The maximum Gasteiger partial charge on any atom is 0.0323 e. The van der Waals surface area contributed by atoms with Crippen molar-refractivity contribution >= 4 is 0 Å². The molecule has 3 rings (SSSR count). The van der Waals surface area contributed by atoms with Crippen molar-refractivity contribution in [1.82, 2.24) is 10.2 Å². The zero-order valence-corrected chi connectivity index (χ0v) is 13.8. The Labute approximate surface area is 129 Å². The summed E-state index contributed by atoms with van der Waals surface area (Å²) in [5, 5.41) is 3.59. The predicted molar refractivity (Wildman–Crippen MR) is 89.5 cm³/mol. The minimum absolute atomic E-state index is 0.547. The molecule has 116 valence electrons. The van der Waals surface area contributed by atoms with Gasteiger partial charge in [-0.05, 0) is 62.2 Å². The van der Waals surface area contributed by atoms with E-state index in [1.165, 1.54) is 50.0 Å². The van der Waals surface area contributed by atoms with Crippen LogP contribution in [0.1, 0.15) is 50.8 Å². The Bertz CT molecular complexity index is 451. The smallest absolute Gasteiger partial charge is 0.0323 e. The summed E-state index contributed by atoms with van der Waals surface area (Å²) in [6, 6.07) is 10.7. The Morgan fingerprint density at radius 2 is 1.90 bits per heavy atom. The number of fused-ring (bicyclic) bond motifs is 1. The molecule has 1 aromatic rings. The Balaban J connectivity index is 1.70. The van der Waals surface area contributed by atoms with Crippen LogP contribution in [0.4, 0.5) is 0 Å². The first-order valence-corrected chi connectivity index (χ1v) is 8.70. The van der Waals surface area contributed by atoms with E-state index in [0.717, 1.165) is 17.9 Å². The van der Waals surface area contributed by atoms with E-state index in [1.54, 1.807) is 0 Å². The van der Waals surface area contributed by atoms with Crippen molar-refractivity contribution in [3.05, 3.63) is 35.4 Å². The third-order valence-electron chi connectivity index (χ3n) is 5.32. The second-order valence-corrected chi connectivity index (χ2v) is 7.38. The Morgan fingerprint density at radius 3 is 2.62 bits per heavy atom. The molecule has 0 spiro atoms. The van der Waals surface area contributed by atoms with Crippen molar-refractivity contribution in [2.45, 2.75) is 52.1 Å². The molecule has 0 bridgehead atoms. The summed E-state index contributed by atoms with van der Waals surface area (Å²) >= 11 is 0. The Hall–Kier alpha value is -0.860. The Kier molecular flexibility index (Phi) is 4.66. The van der Waals surface area contributed by atoms with E-state index in [-0.39, 0.29) is 0 Å². The van der Waals surface area contributed by atoms with Gasteiger partial charge in [0, 0.05) is 18.6 Å². The molecule has 2 heterocycles. The van der Waals surface area contributed by atoms with Crippen LogP contribution in [0.5, 0.6) is 0 Å². The average molecular weight is 286 g/mol. The summed E-state index contributed by atoms with van der Waals surface area (Å²) in [6.07, 6.45) is 3.96. The topological polar surface area (TPSA) is 15.3 Å². The van der Waals surface area contributed by atoms with E-state index >= 15 is 0 Å². The van der Waals surface area contributed by atoms with Crippen LogP contribution in [0.15, 0.2) is 24.3 Å². The fraction of sp³-hybridized carbons (Fsp3) is 0.684. The van der Waals surface area contributed by atoms with Crippen molar-refractivity contribution in [2.24, 2.45) is 11.8 Å². The molecule has 1 aromatic carbocycles. The van der Waals surface area contributed by atoms with Crippen molar-refractivity contribution in [2.75, 3.05) is 19.6 Å². The van der Waals surface area contributed by atoms with E-state index in [1.807, 2.05) is 0 Å². The number of hydrogen-bond acceptors (Lipinski definition) is 2. The molecule has 0 radical (unpaired) electrons. The monoisotopic (exact) mass is 286 g/mol. The van der Waals surface area contributed by atoms with Crippen molar-refractivity contribution in [3.8, 4) is 0 Å². The molecular weight excluding hydrogens is 256 g/mol. The molecule has 2 nitrogen and oxygen atoms in total. The lowest BCUT2D eigenvalue weighted by Gasteiger charge is -2.41. The number of nitrogens with zero attached hydrogens (tertiary/aromatic N) is 1. The first kappa shape index (κ1) is 15.1. The van der Waals surface area contributed by atoms with Crippen LogP contribution in [0, 0.1) is 11.8 Å². The summed E-state index contributed by atoms with van der Waals surface area (Å²) < 4.78 is 0. The predicted octanol–water partition coefficient (Wildman–Crippen LogP) is 3.63. The highest BCUT2D eigenvalue weighted by Gasteiger charge is 2.37. The second-order valence-electron chi connectivity index (χ2n) is 7.38. The van der Waals surface area contributed by atoms with Crippen LogP contribution in [0.2, 0.25) is 0 Å². The molecule has 2 aliphatic heterocycles. The largest absolute Gasteiger partial charge is 0.315 e. The van der Waals surface area contributed by atoms with E-state index in [4.69, 9.17) is 0 Å². The molecule has 0 aliphatic carbocycles. The molecule has 2 aliphatic rings. The summed E-state index contributed by atoms with van der Waals surface area (Å²) in [4.78, 5) is 2.74. The third-order valence-corrected chi connectivity index (χ3v) is 5.32. The lowest BCUT2D eigenvalue weighted by Crippen LogP contribution is -2.46. The lowest BCUT2D eigenvalue weighted by atomic mass is 9.89. The average Bonchev–Trinajstić information content (AvgIpc) is 2.95. The van der Waals surface area contributed by atoms with Gasteiger partial charge in [-0.2, -0.15) is 0 Å². The summed E-state index contributed by atoms with van der Waals surface area (Å²) in [6.45, 7) is 10.6. The number of hydrogen-bond donors (Lipinski definition) is 1. The van der Waals surface area contributed by atoms with Crippen molar-refractivity contribution in [1.29, 1.82) is 0 Å². The second kappa shape index (κ2) is 6.50. The number of piperidine rings is 1. The lowest BCUT2D eigenvalue weighted by molar-refractivity contribution is 0.0847. The van der Waals surface area contributed by atoms with Crippen LogP contribution in [0.3, 0.4) is 0 Å². The van der Waals surface area contributed by atoms with Crippen LogP contribution in [-0.2, 0) is 6.42 Å². The highest BCUT2D eigenvalue weighted by Crippen LogP contribution is 2.33. The minimum Gasteiger partial charge on any atom is -0.315 e. The van der Waals surface area contributed by atoms with Gasteiger partial charge in [0.15, 0.2) is 0 Å². The van der Waals surface area contributed by atoms with Gasteiger partial charge in [0.25, 0.3) is 0 Å². The van der Waals surface area contributed by atoms with E-state index < -0.39 is 0 Å². The van der Waals surface area contributed by atoms with E-state index in [2.05, 4.69) is 55.3 Å². The highest BCUT2D eigenvalue weighted by molar-refractivity contribution is 5.25. The van der Waals surface area contributed by atoms with Gasteiger partial charge in [-0.25, -0.2) is 0 Å². The van der Waals surface area contributed by atoms with E-state index in [0.29, 0.717) is 6.04 Å². The maximum absolute atomic E-state index is 3.59. The van der Waals surface area contributed by atoms with Gasteiger partial charge in [0.05, 0.1) is 0 Å². The molecule has 3 unspecified atom stereocenters. The van der Waals surface area contributed by atoms with Crippen LogP contribution < -0.4 is 5.32 Å². The fourth-order valence-corrected chi connectivity index (χ4v) is 4.18. The van der Waals surface area contributed by atoms with Crippen LogP contribution in [0.25, 0.3) is 0 Å². The fourth-order valence-electron chi connectivity index (χ4n) is 4.18. The Morgan fingerprint density at radius 1 is 1.14 bits per heavy atom. The van der Waals surface area contributed by atoms with Gasteiger partial charge in [-0.3, -0.25) is 4.90 Å². The van der Waals surface area contributed by atoms with Gasteiger partial charge in [0.2, 0.25) is 0 Å². The zero-order valence-electron chi connectivity index (χ0n) is 13.8. The third kappa shape index (κ3) is 3.32. The van der Waals surface area contributed by atoms with Crippen LogP contribution >= 0.6 is 0 Å². The number of likely N-dealkylation sites (tertiary alicyclic amines) is 1. The molecule has 2 saturated heterocycles. The van der Waals surface area contributed by atoms with Crippen molar-refractivity contribution < 1.29 is 0 Å². The summed E-state index contributed by atoms with van der Waals surface area (Å²) in [5.74, 6) is 1.61. The van der Waals surface area contributed by atoms with Gasteiger partial charge < -0.3 is 5.32 Å². The van der Waals surface area contributed by atoms with Gasteiger partial charge in [-0.15, -0.1) is 0 Å². The van der Waals surface area contributed by atoms with Gasteiger partial charge in [0.1, 0.15) is 0 Å². The molecule has 1 N–H and O–H groups in total. The summed E-state index contributed by atoms with van der Waals surface area (Å²) in [5.41, 5.74) is 2.95. The number of rotatable bonds is 4. The van der Waals surface area contributed by atoms with E-state index in [9.17, 15) is 0 Å². The molecular formula is C19H30N2. The molecule has 2 fully saturated rings. The molecule has 0 amide bonds. The normalized spacial score (nSPS) is 27.8. The molecule has 0 saturated carbocycles. The summed E-state index contributed by atoms with van der Waals surface area (Å²) in [7, 11) is 0. The van der Waals surface area contributed by atoms with Crippen LogP contribution in [-0.4, -0.2) is 30.6 Å². The quantitative estimate of drug-likeness (QED) is 0.909. The first-order chi connectivity index (χ1) is 10.1. The number of nitrogens with one attached hydrogen (secondary N) is 1. The molecule has 21 heavy (non-hydrogen) atoms. The van der Waals surface area contributed by atoms with Gasteiger partial charge in [-0.1, -0.05) is 38.1 Å². The highest BCUT2D eigenvalue weighted by atomic mass is 15.2. The van der Waals surface area contributed by atoms with Crippen molar-refractivity contribution in [3.63, 3.8) is 0 Å². The minimum atomic E-state index is 0.547. The standard InChI is InChI=1S/C19H30N2/c1-14(2)11-16-6-8-17(9-7-16)15(3)21-10-4-5-18-12-20-13-19(18)21/h6-9,14-15,18-20H,4-5,10-13H2,1-3H3.